The first kappa shape index (κ1) is 13.5. The van der Waals surface area contributed by atoms with Crippen LogP contribution in [0.25, 0.3) is 0 Å². The molecular weight excluding hydrogens is 264 g/mol. The lowest BCUT2D eigenvalue weighted by atomic mass is 10.4. The van der Waals surface area contributed by atoms with Crippen molar-refractivity contribution in [3.05, 3.63) is 27.7 Å². The molecule has 0 aliphatic rings. The van der Waals surface area contributed by atoms with Crippen LogP contribution in [0.2, 0.25) is 0 Å². The van der Waals surface area contributed by atoms with E-state index in [1.807, 2.05) is 11.7 Å². The number of thiazole rings is 2. The summed E-state index contributed by atoms with van der Waals surface area (Å²) in [5.74, 6) is 0. The number of rotatable bonds is 7. The van der Waals surface area contributed by atoms with Crippen molar-refractivity contribution in [1.29, 1.82) is 0 Å². The lowest BCUT2D eigenvalue weighted by molar-refractivity contribution is 0.689. The van der Waals surface area contributed by atoms with E-state index in [4.69, 9.17) is 0 Å². The minimum Gasteiger partial charge on any atom is -0.349 e. The molecule has 0 spiro atoms. The van der Waals surface area contributed by atoms with Crippen molar-refractivity contribution < 1.29 is 0 Å². The molecular formula is C12H18N4S2. The summed E-state index contributed by atoms with van der Waals surface area (Å²) in [6.45, 7) is 8.01. The minimum absolute atomic E-state index is 0.821. The SMILES string of the molecule is CCN(CC)c1ncc(CNCc2cscn2)s1. The van der Waals surface area contributed by atoms with E-state index < -0.39 is 0 Å². The molecule has 2 aromatic heterocycles. The molecule has 2 heterocycles. The smallest absolute Gasteiger partial charge is 0.185 e. The number of nitrogens with one attached hydrogen (secondary N) is 1. The lowest BCUT2D eigenvalue weighted by Gasteiger charge is -2.16. The molecule has 0 fully saturated rings. The topological polar surface area (TPSA) is 41.1 Å². The van der Waals surface area contributed by atoms with Gasteiger partial charge in [0.05, 0.1) is 11.2 Å². The van der Waals surface area contributed by atoms with Crippen LogP contribution in [-0.2, 0) is 13.1 Å². The molecule has 0 amide bonds. The van der Waals surface area contributed by atoms with Gasteiger partial charge in [-0.15, -0.1) is 22.7 Å². The van der Waals surface area contributed by atoms with Gasteiger partial charge in [0, 0.05) is 42.6 Å². The maximum Gasteiger partial charge on any atom is 0.185 e. The second-order valence-electron chi connectivity index (χ2n) is 3.86. The second kappa shape index (κ2) is 6.82. The third kappa shape index (κ3) is 3.51. The zero-order chi connectivity index (χ0) is 12.8. The fraction of sp³-hybridized carbons (Fsp3) is 0.500. The Labute approximate surface area is 116 Å². The Morgan fingerprint density at radius 2 is 2.06 bits per heavy atom. The fourth-order valence-electron chi connectivity index (χ4n) is 1.66. The monoisotopic (exact) mass is 282 g/mol. The third-order valence-electron chi connectivity index (χ3n) is 2.66. The van der Waals surface area contributed by atoms with Crippen LogP contribution in [-0.4, -0.2) is 23.1 Å². The van der Waals surface area contributed by atoms with E-state index in [9.17, 15) is 0 Å². The molecule has 0 saturated carbocycles. The fourth-order valence-corrected chi connectivity index (χ4v) is 3.22. The van der Waals surface area contributed by atoms with Gasteiger partial charge in [0.2, 0.25) is 0 Å². The first-order valence-electron chi connectivity index (χ1n) is 6.11. The highest BCUT2D eigenvalue weighted by Gasteiger charge is 2.07. The van der Waals surface area contributed by atoms with Gasteiger partial charge >= 0.3 is 0 Å². The van der Waals surface area contributed by atoms with Crippen LogP contribution >= 0.6 is 22.7 Å². The molecule has 18 heavy (non-hydrogen) atoms. The average molecular weight is 282 g/mol. The molecule has 6 heteroatoms. The molecule has 1 N–H and O–H groups in total. The highest BCUT2D eigenvalue weighted by atomic mass is 32.1. The van der Waals surface area contributed by atoms with E-state index in [2.05, 4.69) is 39.4 Å². The Morgan fingerprint density at radius 1 is 1.22 bits per heavy atom. The predicted molar refractivity (Wildman–Crippen MR) is 78.3 cm³/mol. The Balaban J connectivity index is 1.83. The van der Waals surface area contributed by atoms with Crippen LogP contribution in [0, 0.1) is 0 Å². The maximum atomic E-state index is 4.46. The average Bonchev–Trinajstić information content (AvgIpc) is 3.03. The van der Waals surface area contributed by atoms with E-state index in [0.717, 1.165) is 37.0 Å². The van der Waals surface area contributed by atoms with Crippen molar-refractivity contribution >= 4 is 27.8 Å². The molecule has 0 radical (unpaired) electrons. The summed E-state index contributed by atoms with van der Waals surface area (Å²) in [6.07, 6.45) is 1.96. The van der Waals surface area contributed by atoms with Gasteiger partial charge < -0.3 is 10.2 Å². The lowest BCUT2D eigenvalue weighted by Crippen LogP contribution is -2.21. The summed E-state index contributed by atoms with van der Waals surface area (Å²) in [7, 11) is 0. The van der Waals surface area contributed by atoms with Gasteiger partial charge in [0.1, 0.15) is 0 Å². The highest BCUT2D eigenvalue weighted by Crippen LogP contribution is 2.22. The van der Waals surface area contributed by atoms with E-state index in [1.54, 1.807) is 22.7 Å². The van der Waals surface area contributed by atoms with Crippen LogP contribution in [0.1, 0.15) is 24.4 Å². The van der Waals surface area contributed by atoms with Gasteiger partial charge in [-0.3, -0.25) is 0 Å². The van der Waals surface area contributed by atoms with E-state index >= 15 is 0 Å². The zero-order valence-corrected chi connectivity index (χ0v) is 12.4. The molecule has 0 atom stereocenters. The number of nitrogens with zero attached hydrogens (tertiary/aromatic N) is 3. The van der Waals surface area contributed by atoms with E-state index in [0.29, 0.717) is 0 Å². The van der Waals surface area contributed by atoms with Crippen molar-refractivity contribution in [3.63, 3.8) is 0 Å². The summed E-state index contributed by atoms with van der Waals surface area (Å²) < 4.78 is 0. The summed E-state index contributed by atoms with van der Waals surface area (Å²) in [6, 6.07) is 0. The zero-order valence-electron chi connectivity index (χ0n) is 10.7. The largest absolute Gasteiger partial charge is 0.349 e. The van der Waals surface area contributed by atoms with E-state index in [1.165, 1.54) is 4.88 Å². The quantitative estimate of drug-likeness (QED) is 0.848. The Hall–Kier alpha value is -0.980. The van der Waals surface area contributed by atoms with Crippen LogP contribution in [0.15, 0.2) is 17.1 Å². The van der Waals surface area contributed by atoms with Gasteiger partial charge in [0.25, 0.3) is 0 Å². The van der Waals surface area contributed by atoms with Crippen LogP contribution in [0.5, 0.6) is 0 Å². The maximum absolute atomic E-state index is 4.46. The van der Waals surface area contributed by atoms with E-state index in [-0.39, 0.29) is 0 Å². The summed E-state index contributed by atoms with van der Waals surface area (Å²) in [5.41, 5.74) is 2.97. The van der Waals surface area contributed by atoms with Crippen LogP contribution in [0.3, 0.4) is 0 Å². The molecule has 0 aromatic carbocycles. The molecule has 0 aliphatic carbocycles. The van der Waals surface area contributed by atoms with Crippen molar-refractivity contribution in [2.75, 3.05) is 18.0 Å². The number of hydrogen-bond acceptors (Lipinski definition) is 6. The molecule has 0 bridgehead atoms. The van der Waals surface area contributed by atoms with Crippen molar-refractivity contribution in [3.8, 4) is 0 Å². The normalized spacial score (nSPS) is 10.8. The van der Waals surface area contributed by atoms with Crippen molar-refractivity contribution in [2.45, 2.75) is 26.9 Å². The number of aromatic nitrogens is 2. The van der Waals surface area contributed by atoms with Crippen LogP contribution in [0.4, 0.5) is 5.13 Å². The Bertz CT molecular complexity index is 448. The summed E-state index contributed by atoms with van der Waals surface area (Å²) in [4.78, 5) is 12.3. The number of hydrogen-bond donors (Lipinski definition) is 1. The molecule has 0 unspecified atom stereocenters. The standard InChI is InChI=1S/C12H18N4S2/c1-3-16(4-2)12-14-7-11(18-12)6-13-5-10-8-17-9-15-10/h7-9,13H,3-6H2,1-2H3. The predicted octanol–water partition coefficient (Wildman–Crippen LogP) is 2.74. The van der Waals surface area contributed by atoms with Gasteiger partial charge in [-0.05, 0) is 13.8 Å². The summed E-state index contributed by atoms with van der Waals surface area (Å²) in [5, 5.41) is 6.58. The number of anilines is 1. The molecule has 0 saturated heterocycles. The summed E-state index contributed by atoms with van der Waals surface area (Å²) >= 11 is 3.39. The Kier molecular flexibility index (Phi) is 5.10. The highest BCUT2D eigenvalue weighted by molar-refractivity contribution is 7.15. The van der Waals surface area contributed by atoms with Gasteiger partial charge in [-0.1, -0.05) is 0 Å². The third-order valence-corrected chi connectivity index (χ3v) is 4.36. The van der Waals surface area contributed by atoms with Crippen molar-refractivity contribution in [1.82, 2.24) is 15.3 Å². The minimum atomic E-state index is 0.821. The molecule has 4 nitrogen and oxygen atoms in total. The second-order valence-corrected chi connectivity index (χ2v) is 5.68. The van der Waals surface area contributed by atoms with Gasteiger partial charge in [-0.25, -0.2) is 9.97 Å². The first-order chi connectivity index (χ1) is 8.83. The Morgan fingerprint density at radius 3 is 2.72 bits per heavy atom. The van der Waals surface area contributed by atoms with Gasteiger partial charge in [-0.2, -0.15) is 0 Å². The molecule has 0 aliphatic heterocycles. The van der Waals surface area contributed by atoms with Gasteiger partial charge in [0.15, 0.2) is 5.13 Å². The molecule has 2 rings (SSSR count). The van der Waals surface area contributed by atoms with Crippen molar-refractivity contribution in [2.24, 2.45) is 0 Å². The molecule has 2 aromatic rings. The molecule has 98 valence electrons. The first-order valence-corrected chi connectivity index (χ1v) is 7.86. The van der Waals surface area contributed by atoms with Crippen LogP contribution < -0.4 is 10.2 Å².